The van der Waals surface area contributed by atoms with Crippen molar-refractivity contribution in [2.24, 2.45) is 0 Å². The summed E-state index contributed by atoms with van der Waals surface area (Å²) in [5.74, 6) is 0.244. The molecule has 4 heteroatoms. The largest absolute Gasteiger partial charge is 0.318 e. The molecule has 1 saturated heterocycles. The molecule has 0 unspecified atom stereocenters. The van der Waals surface area contributed by atoms with Gasteiger partial charge in [0.15, 0.2) is 0 Å². The molecule has 0 atom stereocenters. The fourth-order valence-corrected chi connectivity index (χ4v) is 3.07. The SMILES string of the molecule is CCN(CC(=O)N(C)C1=CCCC1)C1CCNCC1. The number of nitrogens with one attached hydrogen (secondary N) is 1. The first kappa shape index (κ1) is 14.5. The molecule has 1 N–H and O–H groups in total. The third-order valence-corrected chi connectivity index (χ3v) is 4.39. The Hall–Kier alpha value is -0.870. The molecule has 1 heterocycles. The van der Waals surface area contributed by atoms with E-state index in [9.17, 15) is 4.79 Å². The molecular weight excluding hydrogens is 238 g/mol. The Morgan fingerprint density at radius 3 is 2.74 bits per heavy atom. The van der Waals surface area contributed by atoms with Crippen LogP contribution in [0.2, 0.25) is 0 Å². The van der Waals surface area contributed by atoms with Crippen molar-refractivity contribution in [2.75, 3.05) is 33.2 Å². The minimum Gasteiger partial charge on any atom is -0.318 e. The lowest BCUT2D eigenvalue weighted by molar-refractivity contribution is -0.130. The molecule has 0 aromatic rings. The lowest BCUT2D eigenvalue weighted by atomic mass is 10.0. The van der Waals surface area contributed by atoms with Gasteiger partial charge in [-0.15, -0.1) is 0 Å². The zero-order valence-corrected chi connectivity index (χ0v) is 12.3. The monoisotopic (exact) mass is 265 g/mol. The van der Waals surface area contributed by atoms with E-state index in [4.69, 9.17) is 0 Å². The Balaban J connectivity index is 1.87. The zero-order chi connectivity index (χ0) is 13.7. The van der Waals surface area contributed by atoms with Gasteiger partial charge in [-0.2, -0.15) is 0 Å². The molecule has 108 valence electrons. The molecule has 0 aromatic carbocycles. The number of amides is 1. The van der Waals surface area contributed by atoms with Crippen LogP contribution < -0.4 is 5.32 Å². The number of allylic oxidation sites excluding steroid dienone is 2. The summed E-state index contributed by atoms with van der Waals surface area (Å²) in [4.78, 5) is 16.6. The Labute approximate surface area is 116 Å². The van der Waals surface area contributed by atoms with E-state index < -0.39 is 0 Å². The van der Waals surface area contributed by atoms with Crippen LogP contribution in [0, 0.1) is 0 Å². The van der Waals surface area contributed by atoms with E-state index >= 15 is 0 Å². The van der Waals surface area contributed by atoms with Gasteiger partial charge in [0.25, 0.3) is 0 Å². The van der Waals surface area contributed by atoms with Crippen LogP contribution >= 0.6 is 0 Å². The molecule has 1 aliphatic heterocycles. The zero-order valence-electron chi connectivity index (χ0n) is 12.3. The average Bonchev–Trinajstić information content (AvgIpc) is 2.98. The first-order valence-corrected chi connectivity index (χ1v) is 7.62. The van der Waals surface area contributed by atoms with Crippen LogP contribution in [0.1, 0.15) is 39.0 Å². The van der Waals surface area contributed by atoms with Gasteiger partial charge in [-0.05, 0) is 51.7 Å². The Morgan fingerprint density at radius 1 is 1.42 bits per heavy atom. The van der Waals surface area contributed by atoms with Crippen LogP contribution in [-0.2, 0) is 4.79 Å². The third kappa shape index (κ3) is 3.80. The third-order valence-electron chi connectivity index (χ3n) is 4.39. The van der Waals surface area contributed by atoms with Crippen LogP contribution in [0.25, 0.3) is 0 Å². The van der Waals surface area contributed by atoms with Crippen molar-refractivity contribution in [3.63, 3.8) is 0 Å². The van der Waals surface area contributed by atoms with Gasteiger partial charge in [0.2, 0.25) is 5.91 Å². The van der Waals surface area contributed by atoms with Gasteiger partial charge in [-0.3, -0.25) is 9.69 Å². The van der Waals surface area contributed by atoms with Crippen molar-refractivity contribution in [1.29, 1.82) is 0 Å². The second-order valence-corrected chi connectivity index (χ2v) is 5.58. The number of hydrogen-bond donors (Lipinski definition) is 1. The van der Waals surface area contributed by atoms with E-state index in [2.05, 4.69) is 23.2 Å². The molecular formula is C15H27N3O. The molecule has 0 aromatic heterocycles. The van der Waals surface area contributed by atoms with Crippen molar-refractivity contribution in [3.05, 3.63) is 11.8 Å². The summed E-state index contributed by atoms with van der Waals surface area (Å²) in [6.07, 6.45) is 7.90. The van der Waals surface area contributed by atoms with Crippen molar-refractivity contribution in [2.45, 2.75) is 45.1 Å². The minimum atomic E-state index is 0.244. The highest BCUT2D eigenvalue weighted by Gasteiger charge is 2.24. The Bertz CT molecular complexity index is 334. The summed E-state index contributed by atoms with van der Waals surface area (Å²) in [7, 11) is 1.93. The Morgan fingerprint density at radius 2 is 2.16 bits per heavy atom. The second kappa shape index (κ2) is 7.06. The summed E-state index contributed by atoms with van der Waals surface area (Å²) in [6.45, 7) is 5.84. The highest BCUT2D eigenvalue weighted by atomic mass is 16.2. The van der Waals surface area contributed by atoms with Crippen molar-refractivity contribution < 1.29 is 4.79 Å². The lowest BCUT2D eigenvalue weighted by Crippen LogP contribution is -2.47. The maximum Gasteiger partial charge on any atom is 0.240 e. The van der Waals surface area contributed by atoms with Gasteiger partial charge >= 0.3 is 0 Å². The number of likely N-dealkylation sites (N-methyl/N-ethyl adjacent to an activating group) is 2. The van der Waals surface area contributed by atoms with Crippen LogP contribution in [-0.4, -0.2) is 55.0 Å². The van der Waals surface area contributed by atoms with E-state index in [1.54, 1.807) is 0 Å². The maximum atomic E-state index is 12.4. The normalized spacial score (nSPS) is 20.7. The van der Waals surface area contributed by atoms with E-state index in [0.29, 0.717) is 12.6 Å². The molecule has 1 fully saturated rings. The quantitative estimate of drug-likeness (QED) is 0.820. The molecule has 0 bridgehead atoms. The predicted molar refractivity (Wildman–Crippen MR) is 77.8 cm³/mol. The number of piperidine rings is 1. The van der Waals surface area contributed by atoms with Gasteiger partial charge in [0.1, 0.15) is 0 Å². The van der Waals surface area contributed by atoms with Gasteiger partial charge in [0.05, 0.1) is 6.54 Å². The number of carbonyl (C=O) groups is 1. The highest BCUT2D eigenvalue weighted by molar-refractivity contribution is 5.79. The lowest BCUT2D eigenvalue weighted by Gasteiger charge is -2.34. The summed E-state index contributed by atoms with van der Waals surface area (Å²) >= 11 is 0. The molecule has 0 saturated carbocycles. The second-order valence-electron chi connectivity index (χ2n) is 5.58. The van der Waals surface area contributed by atoms with Gasteiger partial charge < -0.3 is 10.2 Å². The summed E-state index contributed by atoms with van der Waals surface area (Å²) < 4.78 is 0. The number of rotatable bonds is 5. The van der Waals surface area contributed by atoms with Crippen LogP contribution in [0.5, 0.6) is 0 Å². The average molecular weight is 265 g/mol. The Kier molecular flexibility index (Phi) is 5.40. The van der Waals surface area contributed by atoms with E-state index in [1.807, 2.05) is 11.9 Å². The standard InChI is InChI=1S/C15H27N3O/c1-3-18(14-8-10-16-11-9-14)12-15(19)17(2)13-6-4-5-7-13/h6,14,16H,3-5,7-12H2,1-2H3. The summed E-state index contributed by atoms with van der Waals surface area (Å²) in [5, 5.41) is 3.38. The fourth-order valence-electron chi connectivity index (χ4n) is 3.07. The summed E-state index contributed by atoms with van der Waals surface area (Å²) in [5.41, 5.74) is 1.21. The smallest absolute Gasteiger partial charge is 0.240 e. The molecule has 0 radical (unpaired) electrons. The minimum absolute atomic E-state index is 0.244. The number of carbonyl (C=O) groups excluding carboxylic acids is 1. The summed E-state index contributed by atoms with van der Waals surface area (Å²) in [6, 6.07) is 0.571. The van der Waals surface area contributed by atoms with Gasteiger partial charge in [-0.1, -0.05) is 13.0 Å². The van der Waals surface area contributed by atoms with Crippen molar-refractivity contribution >= 4 is 5.91 Å². The molecule has 19 heavy (non-hydrogen) atoms. The molecule has 1 amide bonds. The molecule has 0 spiro atoms. The van der Waals surface area contributed by atoms with Crippen LogP contribution in [0.3, 0.4) is 0 Å². The van der Waals surface area contributed by atoms with E-state index in [1.165, 1.54) is 12.1 Å². The first-order chi connectivity index (χ1) is 9.22. The van der Waals surface area contributed by atoms with Gasteiger partial charge in [-0.25, -0.2) is 0 Å². The number of hydrogen-bond acceptors (Lipinski definition) is 3. The molecule has 1 aliphatic carbocycles. The van der Waals surface area contributed by atoms with E-state index in [0.717, 1.165) is 45.3 Å². The van der Waals surface area contributed by atoms with Crippen molar-refractivity contribution in [1.82, 2.24) is 15.1 Å². The van der Waals surface area contributed by atoms with Gasteiger partial charge in [0, 0.05) is 18.8 Å². The topological polar surface area (TPSA) is 35.6 Å². The molecule has 2 rings (SSSR count). The number of nitrogens with zero attached hydrogens (tertiary/aromatic N) is 2. The highest BCUT2D eigenvalue weighted by Crippen LogP contribution is 2.21. The molecule has 2 aliphatic rings. The van der Waals surface area contributed by atoms with Crippen LogP contribution in [0.4, 0.5) is 0 Å². The fraction of sp³-hybridized carbons (Fsp3) is 0.800. The van der Waals surface area contributed by atoms with Crippen LogP contribution in [0.15, 0.2) is 11.8 Å². The maximum absolute atomic E-state index is 12.4. The van der Waals surface area contributed by atoms with E-state index in [-0.39, 0.29) is 5.91 Å². The molecule has 4 nitrogen and oxygen atoms in total. The first-order valence-electron chi connectivity index (χ1n) is 7.62. The van der Waals surface area contributed by atoms with Crippen molar-refractivity contribution in [3.8, 4) is 0 Å². The predicted octanol–water partition coefficient (Wildman–Crippen LogP) is 1.59.